The summed E-state index contributed by atoms with van der Waals surface area (Å²) in [6, 6.07) is 18.4. The van der Waals surface area contributed by atoms with Crippen molar-refractivity contribution >= 4 is 10.9 Å². The average molecular weight is 345 g/mol. The van der Waals surface area contributed by atoms with Crippen molar-refractivity contribution in [3.63, 3.8) is 0 Å². The molecule has 4 aromatic rings. The smallest absolute Gasteiger partial charge is 0.258 e. The number of nitrogens with zero attached hydrogens (tertiary/aromatic N) is 2. The zero-order valence-electron chi connectivity index (χ0n) is 13.8. The maximum absolute atomic E-state index is 12.0. The van der Waals surface area contributed by atoms with Crippen LogP contribution < -0.4 is 15.0 Å². The van der Waals surface area contributed by atoms with E-state index in [2.05, 4.69) is 15.0 Å². The number of aromatic amines is 1. The van der Waals surface area contributed by atoms with Crippen molar-refractivity contribution in [3.8, 4) is 17.2 Å². The third-order valence-electron chi connectivity index (χ3n) is 3.74. The molecule has 0 aliphatic heterocycles. The van der Waals surface area contributed by atoms with Gasteiger partial charge in [-0.05, 0) is 42.5 Å². The molecule has 2 heterocycles. The summed E-state index contributed by atoms with van der Waals surface area (Å²) < 4.78 is 11.4. The van der Waals surface area contributed by atoms with E-state index in [4.69, 9.17) is 9.47 Å². The molecule has 0 amide bonds. The van der Waals surface area contributed by atoms with Gasteiger partial charge in [0.15, 0.2) is 0 Å². The Bertz CT molecular complexity index is 1080. The van der Waals surface area contributed by atoms with Gasteiger partial charge in [0.2, 0.25) is 0 Å². The molecular formula is C20H15N3O3. The highest BCUT2D eigenvalue weighted by Gasteiger charge is 2.05. The minimum Gasteiger partial charge on any atom is -0.486 e. The van der Waals surface area contributed by atoms with Crippen LogP contribution in [0.2, 0.25) is 0 Å². The maximum atomic E-state index is 12.0. The molecule has 26 heavy (non-hydrogen) atoms. The van der Waals surface area contributed by atoms with Crippen LogP contribution in [0.4, 0.5) is 0 Å². The van der Waals surface area contributed by atoms with E-state index in [9.17, 15) is 4.79 Å². The second kappa shape index (κ2) is 7.06. The van der Waals surface area contributed by atoms with Gasteiger partial charge >= 0.3 is 0 Å². The number of ether oxygens (including phenoxy) is 2. The SMILES string of the molecule is O=c1[nH]c(COc2ccc(Oc3ccccc3)cc2)nc2cnccc12. The van der Waals surface area contributed by atoms with Gasteiger partial charge in [0.1, 0.15) is 29.7 Å². The van der Waals surface area contributed by atoms with E-state index in [0.717, 1.165) is 5.75 Å². The second-order valence-electron chi connectivity index (χ2n) is 5.58. The molecule has 128 valence electrons. The van der Waals surface area contributed by atoms with Crippen molar-refractivity contribution in [1.82, 2.24) is 15.0 Å². The molecule has 0 bridgehead atoms. The van der Waals surface area contributed by atoms with Gasteiger partial charge in [-0.2, -0.15) is 0 Å². The number of H-pyrrole nitrogens is 1. The van der Waals surface area contributed by atoms with Crippen molar-refractivity contribution in [3.05, 3.63) is 89.2 Å². The Balaban J connectivity index is 1.44. The topological polar surface area (TPSA) is 77.1 Å². The summed E-state index contributed by atoms with van der Waals surface area (Å²) in [6.45, 7) is 0.152. The van der Waals surface area contributed by atoms with Gasteiger partial charge in [-0.15, -0.1) is 0 Å². The summed E-state index contributed by atoms with van der Waals surface area (Å²) >= 11 is 0. The van der Waals surface area contributed by atoms with Crippen LogP contribution in [0.25, 0.3) is 10.9 Å². The number of aromatic nitrogens is 3. The molecule has 2 aromatic carbocycles. The maximum Gasteiger partial charge on any atom is 0.258 e. The summed E-state index contributed by atoms with van der Waals surface area (Å²) in [5.41, 5.74) is 0.337. The molecular weight excluding hydrogens is 330 g/mol. The van der Waals surface area contributed by atoms with Gasteiger partial charge in [-0.3, -0.25) is 9.78 Å². The summed E-state index contributed by atoms with van der Waals surface area (Å²) in [5, 5.41) is 0.506. The zero-order valence-corrected chi connectivity index (χ0v) is 13.8. The fourth-order valence-corrected chi connectivity index (χ4v) is 2.49. The van der Waals surface area contributed by atoms with Crippen LogP contribution in [0.1, 0.15) is 5.82 Å². The molecule has 0 saturated carbocycles. The highest BCUT2D eigenvalue weighted by atomic mass is 16.5. The van der Waals surface area contributed by atoms with Crippen molar-refractivity contribution in [2.24, 2.45) is 0 Å². The van der Waals surface area contributed by atoms with E-state index in [-0.39, 0.29) is 12.2 Å². The lowest BCUT2D eigenvalue weighted by molar-refractivity contribution is 0.295. The Hall–Kier alpha value is -3.67. The standard InChI is InChI=1S/C20H15N3O3/c24-20-17-10-11-21-12-18(17)22-19(23-20)13-25-14-6-8-16(9-7-14)26-15-4-2-1-3-5-15/h1-12H,13H2,(H,22,23,24). The number of pyridine rings is 1. The van der Waals surface area contributed by atoms with E-state index in [1.807, 2.05) is 42.5 Å². The number of fused-ring (bicyclic) bond motifs is 1. The number of rotatable bonds is 5. The minimum atomic E-state index is -0.206. The van der Waals surface area contributed by atoms with E-state index >= 15 is 0 Å². The normalized spacial score (nSPS) is 10.6. The van der Waals surface area contributed by atoms with Crippen LogP contribution in [-0.2, 0) is 6.61 Å². The van der Waals surface area contributed by atoms with Gasteiger partial charge in [0.05, 0.1) is 17.1 Å². The van der Waals surface area contributed by atoms with Gasteiger partial charge < -0.3 is 14.5 Å². The monoisotopic (exact) mass is 345 g/mol. The van der Waals surface area contributed by atoms with Crippen LogP contribution in [0.15, 0.2) is 77.9 Å². The Morgan fingerprint density at radius 2 is 1.62 bits per heavy atom. The third kappa shape index (κ3) is 3.54. The highest BCUT2D eigenvalue weighted by Crippen LogP contribution is 2.23. The van der Waals surface area contributed by atoms with E-state index in [1.165, 1.54) is 0 Å². The number of benzene rings is 2. The fraction of sp³-hybridized carbons (Fsp3) is 0.0500. The molecule has 6 nitrogen and oxygen atoms in total. The van der Waals surface area contributed by atoms with Gasteiger partial charge in [-0.1, -0.05) is 18.2 Å². The molecule has 0 spiro atoms. The largest absolute Gasteiger partial charge is 0.486 e. The van der Waals surface area contributed by atoms with Gasteiger partial charge in [0, 0.05) is 6.20 Å². The summed E-state index contributed by atoms with van der Waals surface area (Å²) in [7, 11) is 0. The van der Waals surface area contributed by atoms with Crippen molar-refractivity contribution in [2.45, 2.75) is 6.61 Å². The first-order chi connectivity index (χ1) is 12.8. The molecule has 0 aliphatic carbocycles. The molecule has 0 aliphatic rings. The van der Waals surface area contributed by atoms with Crippen molar-refractivity contribution in [2.75, 3.05) is 0 Å². The first kappa shape index (κ1) is 15.8. The van der Waals surface area contributed by atoms with E-state index < -0.39 is 0 Å². The third-order valence-corrected chi connectivity index (χ3v) is 3.74. The molecule has 6 heteroatoms. The second-order valence-corrected chi connectivity index (χ2v) is 5.58. The van der Waals surface area contributed by atoms with Crippen molar-refractivity contribution < 1.29 is 9.47 Å². The molecule has 0 fully saturated rings. The van der Waals surface area contributed by atoms with E-state index in [1.54, 1.807) is 30.6 Å². The van der Waals surface area contributed by atoms with Crippen LogP contribution in [0.3, 0.4) is 0 Å². The van der Waals surface area contributed by atoms with Gasteiger partial charge in [0.25, 0.3) is 5.56 Å². The number of hydrogen-bond donors (Lipinski definition) is 1. The summed E-state index contributed by atoms with van der Waals surface area (Å²) in [4.78, 5) is 23.1. The Labute approximate surface area is 149 Å². The molecule has 0 atom stereocenters. The lowest BCUT2D eigenvalue weighted by Gasteiger charge is -2.08. The fourth-order valence-electron chi connectivity index (χ4n) is 2.49. The first-order valence-electron chi connectivity index (χ1n) is 8.07. The molecule has 0 saturated heterocycles. The quantitative estimate of drug-likeness (QED) is 0.597. The zero-order chi connectivity index (χ0) is 17.8. The molecule has 4 rings (SSSR count). The predicted molar refractivity (Wildman–Crippen MR) is 97.4 cm³/mol. The van der Waals surface area contributed by atoms with Gasteiger partial charge in [-0.25, -0.2) is 4.98 Å². The molecule has 2 aromatic heterocycles. The molecule has 0 unspecified atom stereocenters. The van der Waals surface area contributed by atoms with E-state index in [0.29, 0.717) is 28.2 Å². The average Bonchev–Trinajstić information content (AvgIpc) is 2.68. The Morgan fingerprint density at radius 3 is 2.42 bits per heavy atom. The first-order valence-corrected chi connectivity index (χ1v) is 8.07. The number of para-hydroxylation sites is 1. The summed E-state index contributed by atoms with van der Waals surface area (Å²) in [6.07, 6.45) is 3.12. The molecule has 1 N–H and O–H groups in total. The molecule has 0 radical (unpaired) electrons. The van der Waals surface area contributed by atoms with Crippen LogP contribution in [0.5, 0.6) is 17.2 Å². The lowest BCUT2D eigenvalue weighted by Crippen LogP contribution is -2.13. The Kier molecular flexibility index (Phi) is 4.30. The summed E-state index contributed by atoms with van der Waals surface area (Å²) in [5.74, 6) is 2.58. The number of nitrogens with one attached hydrogen (secondary N) is 1. The lowest BCUT2D eigenvalue weighted by atomic mass is 10.3. The highest BCUT2D eigenvalue weighted by molar-refractivity contribution is 5.75. The minimum absolute atomic E-state index is 0.152. The van der Waals surface area contributed by atoms with Crippen molar-refractivity contribution in [1.29, 1.82) is 0 Å². The predicted octanol–water partition coefficient (Wildman–Crippen LogP) is 3.69. The van der Waals surface area contributed by atoms with Crippen LogP contribution >= 0.6 is 0 Å². The van der Waals surface area contributed by atoms with Crippen LogP contribution in [0, 0.1) is 0 Å². The number of hydrogen-bond acceptors (Lipinski definition) is 5. The van der Waals surface area contributed by atoms with Crippen LogP contribution in [-0.4, -0.2) is 15.0 Å². The Morgan fingerprint density at radius 1 is 0.885 bits per heavy atom.